The number of hydrogen-bond acceptors (Lipinski definition) is 3. The lowest BCUT2D eigenvalue weighted by molar-refractivity contribution is 0.534. The molecule has 2 heterocycles. The van der Waals surface area contributed by atoms with Crippen LogP contribution in [0.1, 0.15) is 32.1 Å². The standard InChI is InChI=1S/C15H22N4O2/c1-4-5-6-7-8-9-10-19-14(20)12-13(16-11-17(12)2)18(3)15(19)21/h4,11H,1,5-10H2,2-3H3. The molecule has 0 bridgehead atoms. The third kappa shape index (κ3) is 2.99. The van der Waals surface area contributed by atoms with E-state index in [0.29, 0.717) is 17.7 Å². The van der Waals surface area contributed by atoms with Crippen molar-refractivity contribution in [1.82, 2.24) is 18.7 Å². The molecule has 0 atom stereocenters. The molecule has 114 valence electrons. The smallest absolute Gasteiger partial charge is 0.328 e. The molecule has 0 radical (unpaired) electrons. The first-order valence-corrected chi connectivity index (χ1v) is 7.29. The van der Waals surface area contributed by atoms with Crippen LogP contribution in [-0.4, -0.2) is 18.7 Å². The molecule has 2 rings (SSSR count). The number of fused-ring (bicyclic) bond motifs is 1. The van der Waals surface area contributed by atoms with Crippen LogP contribution in [0, 0.1) is 0 Å². The molecule has 21 heavy (non-hydrogen) atoms. The highest BCUT2D eigenvalue weighted by Gasteiger charge is 2.14. The topological polar surface area (TPSA) is 61.8 Å². The molecule has 0 saturated carbocycles. The monoisotopic (exact) mass is 290 g/mol. The second-order valence-electron chi connectivity index (χ2n) is 5.32. The highest BCUT2D eigenvalue weighted by Crippen LogP contribution is 2.06. The first-order chi connectivity index (χ1) is 10.1. The minimum Gasteiger partial charge on any atom is -0.328 e. The number of nitrogens with zero attached hydrogens (tertiary/aromatic N) is 4. The van der Waals surface area contributed by atoms with Crippen molar-refractivity contribution in [2.24, 2.45) is 14.1 Å². The molecule has 2 aromatic heterocycles. The van der Waals surface area contributed by atoms with E-state index < -0.39 is 0 Å². The van der Waals surface area contributed by atoms with Crippen molar-refractivity contribution in [3.8, 4) is 0 Å². The molecule has 0 aliphatic rings. The lowest BCUT2D eigenvalue weighted by Crippen LogP contribution is -2.39. The Hall–Kier alpha value is -2.11. The summed E-state index contributed by atoms with van der Waals surface area (Å²) in [5, 5.41) is 0. The van der Waals surface area contributed by atoms with Gasteiger partial charge in [0, 0.05) is 20.6 Å². The van der Waals surface area contributed by atoms with Gasteiger partial charge in [0.1, 0.15) is 0 Å². The number of hydrogen-bond donors (Lipinski definition) is 0. The van der Waals surface area contributed by atoms with Gasteiger partial charge in [-0.05, 0) is 19.3 Å². The van der Waals surface area contributed by atoms with Gasteiger partial charge in [0.25, 0.3) is 5.56 Å². The van der Waals surface area contributed by atoms with Gasteiger partial charge < -0.3 is 4.57 Å². The normalized spacial score (nSPS) is 11.1. The summed E-state index contributed by atoms with van der Waals surface area (Å²) >= 11 is 0. The van der Waals surface area contributed by atoms with E-state index in [2.05, 4.69) is 11.6 Å². The van der Waals surface area contributed by atoms with Crippen LogP contribution in [0.15, 0.2) is 28.6 Å². The van der Waals surface area contributed by atoms with Gasteiger partial charge in [-0.3, -0.25) is 13.9 Å². The lowest BCUT2D eigenvalue weighted by Gasteiger charge is -2.08. The van der Waals surface area contributed by atoms with E-state index in [1.165, 1.54) is 9.13 Å². The highest BCUT2D eigenvalue weighted by molar-refractivity contribution is 5.69. The fraction of sp³-hybridized carbons (Fsp3) is 0.533. The Morgan fingerprint density at radius 2 is 1.90 bits per heavy atom. The number of unbranched alkanes of at least 4 members (excludes halogenated alkanes) is 4. The minimum atomic E-state index is -0.294. The van der Waals surface area contributed by atoms with Gasteiger partial charge in [-0.15, -0.1) is 6.58 Å². The van der Waals surface area contributed by atoms with Crippen LogP contribution in [0.5, 0.6) is 0 Å². The first-order valence-electron chi connectivity index (χ1n) is 7.29. The Morgan fingerprint density at radius 1 is 1.19 bits per heavy atom. The van der Waals surface area contributed by atoms with Crippen LogP contribution in [0.2, 0.25) is 0 Å². The second-order valence-corrected chi connectivity index (χ2v) is 5.32. The second kappa shape index (κ2) is 6.56. The van der Waals surface area contributed by atoms with Crippen LogP contribution in [0.4, 0.5) is 0 Å². The van der Waals surface area contributed by atoms with Crippen molar-refractivity contribution in [3.05, 3.63) is 39.8 Å². The summed E-state index contributed by atoms with van der Waals surface area (Å²) in [4.78, 5) is 28.8. The van der Waals surface area contributed by atoms with E-state index in [0.717, 1.165) is 32.1 Å². The van der Waals surface area contributed by atoms with Crippen LogP contribution in [0.3, 0.4) is 0 Å². The molecular weight excluding hydrogens is 268 g/mol. The number of aryl methyl sites for hydroxylation is 2. The summed E-state index contributed by atoms with van der Waals surface area (Å²) in [6.07, 6.45) is 8.53. The Bertz CT molecular complexity index is 751. The van der Waals surface area contributed by atoms with Gasteiger partial charge in [0.2, 0.25) is 0 Å². The molecule has 0 fully saturated rings. The molecule has 0 amide bonds. The average Bonchev–Trinajstić information content (AvgIpc) is 2.85. The predicted molar refractivity (Wildman–Crippen MR) is 83.5 cm³/mol. The maximum Gasteiger partial charge on any atom is 0.332 e. The van der Waals surface area contributed by atoms with E-state index in [9.17, 15) is 9.59 Å². The van der Waals surface area contributed by atoms with Crippen molar-refractivity contribution < 1.29 is 0 Å². The quantitative estimate of drug-likeness (QED) is 0.574. The van der Waals surface area contributed by atoms with Crippen LogP contribution >= 0.6 is 0 Å². The molecule has 2 aromatic rings. The summed E-state index contributed by atoms with van der Waals surface area (Å²) in [6.45, 7) is 4.15. The first kappa shape index (κ1) is 15.3. The SMILES string of the molecule is C=CCCCCCCn1c(=O)c2c(ncn2C)n(C)c1=O. The fourth-order valence-corrected chi connectivity index (χ4v) is 2.51. The fourth-order valence-electron chi connectivity index (χ4n) is 2.51. The van der Waals surface area contributed by atoms with Crippen molar-refractivity contribution in [2.75, 3.05) is 0 Å². The van der Waals surface area contributed by atoms with E-state index in [-0.39, 0.29) is 11.2 Å². The number of aromatic nitrogens is 4. The largest absolute Gasteiger partial charge is 0.332 e. The third-order valence-electron chi connectivity index (χ3n) is 3.74. The molecule has 0 aliphatic carbocycles. The van der Waals surface area contributed by atoms with Crippen molar-refractivity contribution in [1.29, 1.82) is 0 Å². The van der Waals surface area contributed by atoms with Gasteiger partial charge in [0.05, 0.1) is 6.33 Å². The molecule has 6 heteroatoms. The predicted octanol–water partition coefficient (Wildman–Crippen LogP) is 1.57. The summed E-state index contributed by atoms with van der Waals surface area (Å²) in [6, 6.07) is 0. The Balaban J connectivity index is 2.20. The molecule has 0 unspecified atom stereocenters. The van der Waals surface area contributed by atoms with Gasteiger partial charge in [-0.25, -0.2) is 9.78 Å². The number of imidazole rings is 1. The lowest BCUT2D eigenvalue weighted by atomic mass is 10.1. The Labute approximate surface area is 123 Å². The van der Waals surface area contributed by atoms with E-state index in [4.69, 9.17) is 0 Å². The van der Waals surface area contributed by atoms with Crippen LogP contribution in [-0.2, 0) is 20.6 Å². The number of allylic oxidation sites excluding steroid dienone is 1. The molecule has 6 nitrogen and oxygen atoms in total. The molecular formula is C15H22N4O2. The summed E-state index contributed by atoms with van der Waals surface area (Å²) in [5.74, 6) is 0. The molecule has 0 aliphatic heterocycles. The van der Waals surface area contributed by atoms with Gasteiger partial charge in [-0.1, -0.05) is 18.9 Å². The summed E-state index contributed by atoms with van der Waals surface area (Å²) < 4.78 is 4.42. The Kier molecular flexibility index (Phi) is 4.77. The van der Waals surface area contributed by atoms with Crippen LogP contribution in [0.25, 0.3) is 11.2 Å². The van der Waals surface area contributed by atoms with E-state index in [1.54, 1.807) is 25.0 Å². The van der Waals surface area contributed by atoms with Crippen molar-refractivity contribution in [3.63, 3.8) is 0 Å². The molecule has 0 spiro atoms. The van der Waals surface area contributed by atoms with Crippen molar-refractivity contribution in [2.45, 2.75) is 38.6 Å². The number of rotatable bonds is 7. The summed E-state index contributed by atoms with van der Waals surface area (Å²) in [7, 11) is 3.42. The zero-order valence-corrected chi connectivity index (χ0v) is 12.7. The highest BCUT2D eigenvalue weighted by atomic mass is 16.2. The minimum absolute atomic E-state index is 0.251. The maximum absolute atomic E-state index is 12.4. The van der Waals surface area contributed by atoms with E-state index in [1.807, 2.05) is 6.08 Å². The zero-order valence-electron chi connectivity index (χ0n) is 12.7. The average molecular weight is 290 g/mol. The molecule has 0 aromatic carbocycles. The molecule has 0 saturated heterocycles. The van der Waals surface area contributed by atoms with Gasteiger partial charge in [-0.2, -0.15) is 0 Å². The zero-order chi connectivity index (χ0) is 15.4. The van der Waals surface area contributed by atoms with Gasteiger partial charge >= 0.3 is 5.69 Å². The third-order valence-corrected chi connectivity index (χ3v) is 3.74. The Morgan fingerprint density at radius 3 is 2.62 bits per heavy atom. The maximum atomic E-state index is 12.4. The summed E-state index contributed by atoms with van der Waals surface area (Å²) in [5.41, 5.74) is 0.370. The van der Waals surface area contributed by atoms with Gasteiger partial charge in [0.15, 0.2) is 11.2 Å². The molecule has 0 N–H and O–H groups in total. The van der Waals surface area contributed by atoms with Crippen LogP contribution < -0.4 is 11.2 Å². The van der Waals surface area contributed by atoms with Crippen molar-refractivity contribution >= 4 is 11.2 Å². The van der Waals surface area contributed by atoms with E-state index >= 15 is 0 Å².